The van der Waals surface area contributed by atoms with E-state index in [1.54, 1.807) is 0 Å². The lowest BCUT2D eigenvalue weighted by Crippen LogP contribution is -2.50. The van der Waals surface area contributed by atoms with Gasteiger partial charge in [0.1, 0.15) is 0 Å². The van der Waals surface area contributed by atoms with Gasteiger partial charge < -0.3 is 5.73 Å². The SMILES string of the molecule is CN1CC[C@@H]1N. The van der Waals surface area contributed by atoms with Crippen LogP contribution < -0.4 is 5.73 Å². The van der Waals surface area contributed by atoms with E-state index < -0.39 is 0 Å². The summed E-state index contributed by atoms with van der Waals surface area (Å²) in [5, 5.41) is 0. The second kappa shape index (κ2) is 1.21. The van der Waals surface area contributed by atoms with E-state index in [0.717, 1.165) is 0 Å². The second-order valence-electron chi connectivity index (χ2n) is 1.84. The molecule has 0 aromatic rings. The Morgan fingerprint density at radius 2 is 2.33 bits per heavy atom. The third kappa shape index (κ3) is 0.420. The summed E-state index contributed by atoms with van der Waals surface area (Å²) in [6.07, 6.45) is 1.54. The Morgan fingerprint density at radius 1 is 1.83 bits per heavy atom. The molecule has 2 heteroatoms. The highest BCUT2D eigenvalue weighted by molar-refractivity contribution is 4.72. The Balaban J connectivity index is 2.20. The van der Waals surface area contributed by atoms with Crippen LogP contribution in [0.2, 0.25) is 0 Å². The molecule has 1 heterocycles. The Labute approximate surface area is 37.9 Å². The van der Waals surface area contributed by atoms with Gasteiger partial charge in [-0.25, -0.2) is 0 Å². The van der Waals surface area contributed by atoms with Gasteiger partial charge in [-0.2, -0.15) is 0 Å². The van der Waals surface area contributed by atoms with Gasteiger partial charge in [0.15, 0.2) is 0 Å². The van der Waals surface area contributed by atoms with Crippen molar-refractivity contribution < 1.29 is 0 Å². The van der Waals surface area contributed by atoms with Gasteiger partial charge in [-0.05, 0) is 13.5 Å². The molecule has 1 aliphatic rings. The second-order valence-corrected chi connectivity index (χ2v) is 1.84. The van der Waals surface area contributed by atoms with E-state index in [1.165, 1.54) is 13.0 Å². The van der Waals surface area contributed by atoms with E-state index in [4.69, 9.17) is 5.73 Å². The zero-order valence-corrected chi connectivity index (χ0v) is 4.02. The molecule has 1 rings (SSSR count). The number of rotatable bonds is 0. The zero-order valence-electron chi connectivity index (χ0n) is 4.02. The van der Waals surface area contributed by atoms with Gasteiger partial charge >= 0.3 is 0 Å². The fourth-order valence-corrected chi connectivity index (χ4v) is 0.536. The standard InChI is InChI=1S/C4H10N2/c1-6-3-2-4(6)5/h4H,2-3,5H2,1H3/t4-/m1/s1. The molecule has 36 valence electrons. The molecule has 0 spiro atoms. The van der Waals surface area contributed by atoms with Crippen LogP contribution in [0.3, 0.4) is 0 Å². The molecule has 0 aromatic carbocycles. The van der Waals surface area contributed by atoms with E-state index >= 15 is 0 Å². The molecule has 0 aliphatic carbocycles. The van der Waals surface area contributed by atoms with Gasteiger partial charge in [-0.1, -0.05) is 0 Å². The molecular formula is C4H10N2. The molecule has 0 aromatic heterocycles. The summed E-state index contributed by atoms with van der Waals surface area (Å²) >= 11 is 0. The highest BCUT2D eigenvalue weighted by Gasteiger charge is 2.17. The summed E-state index contributed by atoms with van der Waals surface area (Å²) in [6.45, 7) is 1.18. The average molecular weight is 86.1 g/mol. The lowest BCUT2D eigenvalue weighted by atomic mass is 10.2. The first-order valence-electron chi connectivity index (χ1n) is 2.26. The van der Waals surface area contributed by atoms with E-state index in [-0.39, 0.29) is 0 Å². The van der Waals surface area contributed by atoms with Crippen LogP contribution in [0.25, 0.3) is 0 Å². The molecule has 6 heavy (non-hydrogen) atoms. The van der Waals surface area contributed by atoms with Crippen LogP contribution in [0.5, 0.6) is 0 Å². The Bertz CT molecular complexity index is 45.5. The summed E-state index contributed by atoms with van der Waals surface area (Å²) in [7, 11) is 2.04. The van der Waals surface area contributed by atoms with Crippen molar-refractivity contribution in [3.05, 3.63) is 0 Å². The minimum absolute atomic E-state index is 0.366. The van der Waals surface area contributed by atoms with Crippen LogP contribution in [0, 0.1) is 0 Å². The van der Waals surface area contributed by atoms with Crippen molar-refractivity contribution in [1.82, 2.24) is 4.90 Å². The smallest absolute Gasteiger partial charge is 0.0581 e. The Hall–Kier alpha value is -0.0800. The molecule has 1 aliphatic heterocycles. The maximum Gasteiger partial charge on any atom is 0.0581 e. The van der Waals surface area contributed by atoms with Gasteiger partial charge in [0.25, 0.3) is 0 Å². The summed E-state index contributed by atoms with van der Waals surface area (Å²) in [6, 6.07) is 0. The van der Waals surface area contributed by atoms with Crippen molar-refractivity contribution in [2.75, 3.05) is 13.6 Å². The summed E-state index contributed by atoms with van der Waals surface area (Å²) in [5.74, 6) is 0. The summed E-state index contributed by atoms with van der Waals surface area (Å²) in [5.41, 5.74) is 5.45. The number of nitrogens with zero attached hydrogens (tertiary/aromatic N) is 1. The van der Waals surface area contributed by atoms with E-state index in [1.807, 2.05) is 7.05 Å². The van der Waals surface area contributed by atoms with Crippen molar-refractivity contribution in [1.29, 1.82) is 0 Å². The van der Waals surface area contributed by atoms with Crippen molar-refractivity contribution >= 4 is 0 Å². The van der Waals surface area contributed by atoms with Gasteiger partial charge in [-0.15, -0.1) is 0 Å². The topological polar surface area (TPSA) is 29.3 Å². The molecule has 1 saturated heterocycles. The normalized spacial score (nSPS) is 36.0. The predicted octanol–water partition coefficient (Wildman–Crippen LogP) is -0.393. The number of likely N-dealkylation sites (tertiary alicyclic amines) is 1. The molecule has 0 saturated carbocycles. The highest BCUT2D eigenvalue weighted by Crippen LogP contribution is 2.06. The molecule has 0 bridgehead atoms. The van der Waals surface area contributed by atoms with E-state index in [0.29, 0.717) is 6.17 Å². The van der Waals surface area contributed by atoms with Crippen molar-refractivity contribution in [2.24, 2.45) is 5.73 Å². The maximum atomic E-state index is 5.45. The molecule has 2 nitrogen and oxygen atoms in total. The minimum Gasteiger partial charge on any atom is -0.316 e. The maximum absolute atomic E-state index is 5.45. The monoisotopic (exact) mass is 86.1 g/mol. The van der Waals surface area contributed by atoms with Gasteiger partial charge in [0, 0.05) is 6.54 Å². The van der Waals surface area contributed by atoms with Crippen LogP contribution >= 0.6 is 0 Å². The van der Waals surface area contributed by atoms with Crippen LogP contribution in [-0.2, 0) is 0 Å². The molecule has 1 fully saturated rings. The molecule has 1 atom stereocenters. The van der Waals surface area contributed by atoms with Gasteiger partial charge in [0.05, 0.1) is 6.17 Å². The van der Waals surface area contributed by atoms with Crippen LogP contribution in [0.1, 0.15) is 6.42 Å². The zero-order chi connectivity index (χ0) is 4.57. The van der Waals surface area contributed by atoms with Crippen molar-refractivity contribution in [3.8, 4) is 0 Å². The van der Waals surface area contributed by atoms with E-state index in [2.05, 4.69) is 4.90 Å². The Morgan fingerprint density at radius 3 is 2.33 bits per heavy atom. The highest BCUT2D eigenvalue weighted by atomic mass is 15.2. The first-order chi connectivity index (χ1) is 2.80. The van der Waals surface area contributed by atoms with Crippen LogP contribution in [0.4, 0.5) is 0 Å². The first-order valence-corrected chi connectivity index (χ1v) is 2.26. The molecule has 0 radical (unpaired) electrons. The van der Waals surface area contributed by atoms with Crippen LogP contribution in [0.15, 0.2) is 0 Å². The van der Waals surface area contributed by atoms with Gasteiger partial charge in [-0.3, -0.25) is 4.90 Å². The number of nitrogens with two attached hydrogens (primary N) is 1. The third-order valence-corrected chi connectivity index (χ3v) is 1.34. The van der Waals surface area contributed by atoms with E-state index in [9.17, 15) is 0 Å². The molecule has 0 unspecified atom stereocenters. The Kier molecular flexibility index (Phi) is 0.821. The van der Waals surface area contributed by atoms with Crippen molar-refractivity contribution in [3.63, 3.8) is 0 Å². The number of hydrogen-bond donors (Lipinski definition) is 1. The van der Waals surface area contributed by atoms with Crippen molar-refractivity contribution in [2.45, 2.75) is 12.6 Å². The minimum atomic E-state index is 0.366. The predicted molar refractivity (Wildman–Crippen MR) is 25.2 cm³/mol. The fourth-order valence-electron chi connectivity index (χ4n) is 0.536. The largest absolute Gasteiger partial charge is 0.316 e. The lowest BCUT2D eigenvalue weighted by Gasteiger charge is -2.34. The lowest BCUT2D eigenvalue weighted by molar-refractivity contribution is 0.132. The summed E-state index contributed by atoms with van der Waals surface area (Å²) < 4.78 is 0. The molecule has 2 N–H and O–H groups in total. The fraction of sp³-hybridized carbons (Fsp3) is 1.00. The quantitative estimate of drug-likeness (QED) is 0.435. The molecular weight excluding hydrogens is 76.1 g/mol. The van der Waals surface area contributed by atoms with Gasteiger partial charge in [0.2, 0.25) is 0 Å². The summed E-state index contributed by atoms with van der Waals surface area (Å²) in [4.78, 5) is 2.12. The third-order valence-electron chi connectivity index (χ3n) is 1.34. The molecule has 0 amide bonds. The average Bonchev–Trinajstić information content (AvgIpc) is 1.61. The van der Waals surface area contributed by atoms with Crippen LogP contribution in [-0.4, -0.2) is 24.7 Å². The first kappa shape index (κ1) is 4.09. The number of hydrogen-bond acceptors (Lipinski definition) is 2.